The average molecular weight is 324 g/mol. The summed E-state index contributed by atoms with van der Waals surface area (Å²) in [6.07, 6.45) is 1.68. The fourth-order valence-electron chi connectivity index (χ4n) is 2.22. The van der Waals surface area contributed by atoms with Crippen molar-refractivity contribution < 1.29 is 5.11 Å². The van der Waals surface area contributed by atoms with E-state index >= 15 is 0 Å². The lowest BCUT2D eigenvalue weighted by molar-refractivity contribution is 0.299. The summed E-state index contributed by atoms with van der Waals surface area (Å²) in [7, 11) is 0. The molecule has 0 aliphatic rings. The van der Waals surface area contributed by atoms with Crippen LogP contribution >= 0.6 is 15.9 Å². The van der Waals surface area contributed by atoms with Crippen molar-refractivity contribution in [2.45, 2.75) is 19.9 Å². The minimum Gasteiger partial charge on any atom is -0.396 e. The van der Waals surface area contributed by atoms with Crippen molar-refractivity contribution in [3.05, 3.63) is 28.9 Å². The number of nitrogen functional groups attached to an aromatic ring is 1. The first-order valence-corrected chi connectivity index (χ1v) is 7.05. The van der Waals surface area contributed by atoms with Crippen LogP contribution in [0.25, 0.3) is 10.9 Å². The maximum Gasteiger partial charge on any atom is 0.0745 e. The summed E-state index contributed by atoms with van der Waals surface area (Å²) in [6, 6.07) is 6.18. The summed E-state index contributed by atoms with van der Waals surface area (Å²) in [5, 5.41) is 10.3. The molecule has 0 atom stereocenters. The Balaban J connectivity index is 2.68. The highest BCUT2D eigenvalue weighted by Crippen LogP contribution is 2.34. The number of aromatic nitrogens is 1. The Morgan fingerprint density at radius 2 is 2.16 bits per heavy atom. The molecule has 0 aliphatic heterocycles. The van der Waals surface area contributed by atoms with E-state index in [1.807, 2.05) is 18.2 Å². The third-order valence-corrected chi connectivity index (χ3v) is 3.57. The number of benzene rings is 1. The molecule has 102 valence electrons. The second-order valence-electron chi connectivity index (χ2n) is 4.73. The number of aliphatic hydroxyl groups is 1. The smallest absolute Gasteiger partial charge is 0.0745 e. The van der Waals surface area contributed by atoms with Gasteiger partial charge >= 0.3 is 0 Å². The Bertz CT molecular complexity index is 581. The highest BCUT2D eigenvalue weighted by atomic mass is 79.9. The summed E-state index contributed by atoms with van der Waals surface area (Å²) in [6.45, 7) is 4.81. The highest BCUT2D eigenvalue weighted by molar-refractivity contribution is 9.10. The maximum atomic E-state index is 9.26. The molecule has 0 saturated heterocycles. The molecule has 0 fully saturated rings. The molecule has 2 rings (SSSR count). The topological polar surface area (TPSA) is 62.4 Å². The van der Waals surface area contributed by atoms with Gasteiger partial charge in [-0.15, -0.1) is 0 Å². The van der Waals surface area contributed by atoms with E-state index in [0.717, 1.165) is 21.1 Å². The minimum absolute atomic E-state index is 0.0927. The Labute approximate surface area is 121 Å². The molecule has 1 heterocycles. The number of aliphatic hydroxyl groups excluding tert-OH is 1. The predicted molar refractivity (Wildman–Crippen MR) is 83.4 cm³/mol. The summed E-state index contributed by atoms with van der Waals surface area (Å²) < 4.78 is 0.987. The van der Waals surface area contributed by atoms with Gasteiger partial charge in [0.25, 0.3) is 0 Å². The van der Waals surface area contributed by atoms with E-state index in [1.54, 1.807) is 6.20 Å². The van der Waals surface area contributed by atoms with Gasteiger partial charge in [0.1, 0.15) is 0 Å². The van der Waals surface area contributed by atoms with Crippen LogP contribution in [0.15, 0.2) is 28.9 Å². The van der Waals surface area contributed by atoms with Crippen LogP contribution in [0.1, 0.15) is 13.8 Å². The number of nitrogens with two attached hydrogens (primary N) is 1. The minimum atomic E-state index is 0.0927. The number of rotatable bonds is 4. The van der Waals surface area contributed by atoms with Crippen LogP contribution in [0, 0.1) is 0 Å². The Morgan fingerprint density at radius 3 is 2.79 bits per heavy atom. The Hall–Kier alpha value is -1.33. The van der Waals surface area contributed by atoms with Crippen molar-refractivity contribution >= 4 is 38.2 Å². The first-order chi connectivity index (χ1) is 9.04. The molecule has 0 spiro atoms. The van der Waals surface area contributed by atoms with Crippen molar-refractivity contribution in [1.29, 1.82) is 0 Å². The quantitative estimate of drug-likeness (QED) is 0.908. The maximum absolute atomic E-state index is 9.26. The van der Waals surface area contributed by atoms with Crippen LogP contribution in [0.3, 0.4) is 0 Å². The number of fused-ring (bicyclic) bond motifs is 1. The summed E-state index contributed by atoms with van der Waals surface area (Å²) in [4.78, 5) is 6.45. The van der Waals surface area contributed by atoms with E-state index in [9.17, 15) is 5.11 Å². The van der Waals surface area contributed by atoms with E-state index in [0.29, 0.717) is 12.2 Å². The lowest BCUT2D eigenvalue weighted by Gasteiger charge is -2.30. The highest BCUT2D eigenvalue weighted by Gasteiger charge is 2.17. The molecular formula is C14H18BrN3O. The second-order valence-corrected chi connectivity index (χ2v) is 5.65. The lowest BCUT2D eigenvalue weighted by atomic mass is 10.1. The largest absolute Gasteiger partial charge is 0.396 e. The van der Waals surface area contributed by atoms with Gasteiger partial charge in [-0.1, -0.05) is 15.9 Å². The molecule has 5 heteroatoms. The zero-order valence-corrected chi connectivity index (χ0v) is 12.7. The molecule has 0 aliphatic carbocycles. The molecule has 0 amide bonds. The van der Waals surface area contributed by atoms with Crippen LogP contribution in [-0.4, -0.2) is 29.3 Å². The van der Waals surface area contributed by atoms with Gasteiger partial charge in [0.05, 0.1) is 29.7 Å². The van der Waals surface area contributed by atoms with Crippen molar-refractivity contribution in [2.24, 2.45) is 0 Å². The third kappa shape index (κ3) is 2.82. The SMILES string of the molecule is CC(C)N(CCO)c1c(N)cnc2ccc(Br)cc12. The van der Waals surface area contributed by atoms with Gasteiger partial charge in [0, 0.05) is 22.4 Å². The first kappa shape index (κ1) is 14.1. The zero-order chi connectivity index (χ0) is 14.0. The van der Waals surface area contributed by atoms with E-state index in [4.69, 9.17) is 5.73 Å². The van der Waals surface area contributed by atoms with Crippen molar-refractivity contribution in [2.75, 3.05) is 23.8 Å². The Kier molecular flexibility index (Phi) is 4.27. The van der Waals surface area contributed by atoms with Gasteiger partial charge in [-0.05, 0) is 32.0 Å². The molecule has 0 unspecified atom stereocenters. The summed E-state index contributed by atoms with van der Waals surface area (Å²) >= 11 is 3.48. The first-order valence-electron chi connectivity index (χ1n) is 6.26. The zero-order valence-electron chi connectivity index (χ0n) is 11.1. The molecule has 0 saturated carbocycles. The summed E-state index contributed by atoms with van der Waals surface area (Å²) in [5.41, 5.74) is 8.58. The van der Waals surface area contributed by atoms with Crippen LogP contribution in [0.2, 0.25) is 0 Å². The van der Waals surface area contributed by atoms with Gasteiger partial charge in [0.15, 0.2) is 0 Å². The molecule has 1 aromatic heterocycles. The van der Waals surface area contributed by atoms with Crippen molar-refractivity contribution in [1.82, 2.24) is 4.98 Å². The fourth-order valence-corrected chi connectivity index (χ4v) is 2.58. The molecule has 3 N–H and O–H groups in total. The van der Waals surface area contributed by atoms with Crippen molar-refractivity contribution in [3.8, 4) is 0 Å². The summed E-state index contributed by atoms with van der Waals surface area (Å²) in [5.74, 6) is 0. The monoisotopic (exact) mass is 323 g/mol. The molecular weight excluding hydrogens is 306 g/mol. The van der Waals surface area contributed by atoms with Crippen LogP contribution in [0.4, 0.5) is 11.4 Å². The molecule has 0 radical (unpaired) electrons. The number of anilines is 2. The second kappa shape index (κ2) is 5.75. The van der Waals surface area contributed by atoms with E-state index in [-0.39, 0.29) is 12.6 Å². The third-order valence-electron chi connectivity index (χ3n) is 3.08. The van der Waals surface area contributed by atoms with E-state index in [2.05, 4.69) is 39.7 Å². The molecule has 1 aromatic carbocycles. The van der Waals surface area contributed by atoms with Crippen molar-refractivity contribution in [3.63, 3.8) is 0 Å². The van der Waals surface area contributed by atoms with Gasteiger partial charge in [0.2, 0.25) is 0 Å². The molecule has 2 aromatic rings. The standard InChI is InChI=1S/C14H18BrN3O/c1-9(2)18(5-6-19)14-11-7-10(15)3-4-13(11)17-8-12(14)16/h3-4,7-9,19H,5-6,16H2,1-2H3. The lowest BCUT2D eigenvalue weighted by Crippen LogP contribution is -2.34. The van der Waals surface area contributed by atoms with Gasteiger partial charge in [-0.2, -0.15) is 0 Å². The molecule has 4 nitrogen and oxygen atoms in total. The number of halogens is 1. The fraction of sp³-hybridized carbons (Fsp3) is 0.357. The molecule has 0 bridgehead atoms. The van der Waals surface area contributed by atoms with E-state index < -0.39 is 0 Å². The van der Waals surface area contributed by atoms with Gasteiger partial charge < -0.3 is 15.7 Å². The number of nitrogens with zero attached hydrogens (tertiary/aromatic N) is 2. The van der Waals surface area contributed by atoms with Crippen LogP contribution in [-0.2, 0) is 0 Å². The van der Waals surface area contributed by atoms with Crippen LogP contribution < -0.4 is 10.6 Å². The number of pyridine rings is 1. The predicted octanol–water partition coefficient (Wildman–Crippen LogP) is 2.79. The van der Waals surface area contributed by atoms with Gasteiger partial charge in [-0.25, -0.2) is 0 Å². The molecule has 19 heavy (non-hydrogen) atoms. The Morgan fingerprint density at radius 1 is 1.42 bits per heavy atom. The normalized spacial score (nSPS) is 11.2. The van der Waals surface area contributed by atoms with Crippen LogP contribution in [0.5, 0.6) is 0 Å². The van der Waals surface area contributed by atoms with E-state index in [1.165, 1.54) is 0 Å². The van der Waals surface area contributed by atoms with Gasteiger partial charge in [-0.3, -0.25) is 4.98 Å². The number of hydrogen-bond donors (Lipinski definition) is 2. The average Bonchev–Trinajstić information content (AvgIpc) is 2.36. The number of hydrogen-bond acceptors (Lipinski definition) is 4.